The van der Waals surface area contributed by atoms with E-state index in [4.69, 9.17) is 0 Å². The van der Waals surface area contributed by atoms with Crippen molar-refractivity contribution in [3.8, 4) is 0 Å². The van der Waals surface area contributed by atoms with E-state index in [1.54, 1.807) is 97.9 Å². The van der Waals surface area contributed by atoms with Crippen LogP contribution in [0.2, 0.25) is 0 Å². The lowest BCUT2D eigenvalue weighted by atomic mass is 10.1. The maximum absolute atomic E-state index is 13.6. The number of halogens is 2. The molecule has 7 aromatic rings. The van der Waals surface area contributed by atoms with E-state index in [-0.39, 0.29) is 73.7 Å². The van der Waals surface area contributed by atoms with Crippen molar-refractivity contribution in [1.82, 2.24) is 10.6 Å². The molecule has 0 radical (unpaired) electrons. The highest BCUT2D eigenvalue weighted by Gasteiger charge is 2.29. The highest BCUT2D eigenvalue weighted by atomic mass is 35.5. The van der Waals surface area contributed by atoms with Gasteiger partial charge in [-0.1, -0.05) is 84.9 Å². The molecule has 16 nitrogen and oxygen atoms in total. The smallest absolute Gasteiger partial charge is 0.264 e. The second kappa shape index (κ2) is 25.4. The highest BCUT2D eigenvalue weighted by Crippen LogP contribution is 2.37. The molecule has 7 aromatic carbocycles. The number of hydrogen-bond donors (Lipinski definition) is 5. The van der Waals surface area contributed by atoms with E-state index in [9.17, 15) is 33.7 Å². The van der Waals surface area contributed by atoms with Gasteiger partial charge in [-0.15, -0.1) is 24.8 Å². The van der Waals surface area contributed by atoms with Gasteiger partial charge in [0.2, 0.25) is 0 Å². The molecule has 2 saturated heterocycles. The Bertz CT molecular complexity index is 3430. The molecule has 0 saturated carbocycles. The Morgan fingerprint density at radius 3 is 1.42 bits per heavy atom. The first-order valence-electron chi connectivity index (χ1n) is 23.6. The minimum atomic E-state index is -4.00. The van der Waals surface area contributed by atoms with Gasteiger partial charge in [0.25, 0.3) is 40.1 Å². The van der Waals surface area contributed by atoms with Gasteiger partial charge in [0.05, 0.1) is 42.3 Å². The molecular formula is C52H60Cl2N8O8S4. The summed E-state index contributed by atoms with van der Waals surface area (Å²) in [4.78, 5) is 4.75. The van der Waals surface area contributed by atoms with Crippen molar-refractivity contribution in [3.05, 3.63) is 170 Å². The van der Waals surface area contributed by atoms with Gasteiger partial charge in [0.1, 0.15) is 0 Å². The number of anilines is 6. The van der Waals surface area contributed by atoms with Gasteiger partial charge in [-0.25, -0.2) is 33.7 Å². The predicted molar refractivity (Wildman–Crippen MR) is 303 cm³/mol. The second-order valence-electron chi connectivity index (χ2n) is 17.0. The summed E-state index contributed by atoms with van der Waals surface area (Å²) in [6.07, 6.45) is 1.90. The van der Waals surface area contributed by atoms with Gasteiger partial charge < -0.3 is 20.4 Å². The summed E-state index contributed by atoms with van der Waals surface area (Å²) in [7, 11) is -15.8. The summed E-state index contributed by atoms with van der Waals surface area (Å²) in [5, 5.41) is 8.43. The Labute approximate surface area is 447 Å². The van der Waals surface area contributed by atoms with Crippen LogP contribution in [-0.4, -0.2) is 92.6 Å². The minimum absolute atomic E-state index is 0. The summed E-state index contributed by atoms with van der Waals surface area (Å²) in [5.74, 6) is 0. The minimum Gasteiger partial charge on any atom is -0.370 e. The number of nitrogens with one attached hydrogen (secondary N) is 5. The lowest BCUT2D eigenvalue weighted by molar-refractivity contribution is 0.591. The molecule has 2 fully saturated rings. The Kier molecular flexibility index (Phi) is 19.6. The van der Waals surface area contributed by atoms with Crippen LogP contribution in [0.25, 0.3) is 10.8 Å². The van der Waals surface area contributed by atoms with E-state index in [1.165, 1.54) is 46.8 Å². The topological polar surface area (TPSA) is 206 Å². The summed E-state index contributed by atoms with van der Waals surface area (Å²) < 4.78 is 116. The summed E-state index contributed by atoms with van der Waals surface area (Å²) in [6.45, 7) is 8.47. The maximum atomic E-state index is 13.6. The van der Waals surface area contributed by atoms with E-state index in [1.807, 2.05) is 36.4 Å². The van der Waals surface area contributed by atoms with Crippen LogP contribution >= 0.6 is 24.8 Å². The molecule has 0 amide bonds. The van der Waals surface area contributed by atoms with E-state index in [0.717, 1.165) is 87.3 Å². The maximum Gasteiger partial charge on any atom is 0.264 e. The zero-order valence-corrected chi connectivity index (χ0v) is 45.4. The zero-order chi connectivity index (χ0) is 50.8. The van der Waals surface area contributed by atoms with Crippen LogP contribution in [0.3, 0.4) is 0 Å². The van der Waals surface area contributed by atoms with Crippen LogP contribution in [0, 0.1) is 0 Å². The van der Waals surface area contributed by atoms with E-state index in [0.29, 0.717) is 0 Å². The van der Waals surface area contributed by atoms with Gasteiger partial charge >= 0.3 is 0 Å². The number of fused-ring (bicyclic) bond motifs is 1. The Morgan fingerprint density at radius 2 is 0.878 bits per heavy atom. The van der Waals surface area contributed by atoms with Crippen LogP contribution in [-0.2, 0) is 40.1 Å². The first kappa shape index (κ1) is 57.2. The molecule has 22 heteroatoms. The third kappa shape index (κ3) is 14.0. The van der Waals surface area contributed by atoms with Crippen molar-refractivity contribution < 1.29 is 33.7 Å². The van der Waals surface area contributed by atoms with Crippen LogP contribution in [0.4, 0.5) is 34.1 Å². The van der Waals surface area contributed by atoms with Crippen molar-refractivity contribution >= 4 is 110 Å². The predicted octanol–water partition coefficient (Wildman–Crippen LogP) is 8.59. The molecule has 0 spiro atoms. The molecule has 0 aliphatic carbocycles. The van der Waals surface area contributed by atoms with Gasteiger partial charge in [0.15, 0.2) is 0 Å². The third-order valence-electron chi connectivity index (χ3n) is 12.2. The molecular weight excluding hydrogens is 1060 g/mol. The van der Waals surface area contributed by atoms with Gasteiger partial charge in [-0.05, 0) is 129 Å². The van der Waals surface area contributed by atoms with Crippen molar-refractivity contribution in [1.29, 1.82) is 0 Å². The molecule has 0 aromatic heterocycles. The standard InChI is InChI=1S/C27H28N4O4S2.C25H30N4O4S2.2ClH/c32-36(33,24-9-2-1-3-10-24)30-27-20-23(31-17-6-15-28-16-18-31)12-14-26(27)29-37(34,35)25-13-11-21-7-4-5-8-22(21)19-25;1-2-29(35(32,33)23-12-7-4-8-13-23)25-20-21(28-18-9-16-26-17-19-28)14-15-24(25)27-34(30,31)22-10-5-3-6-11-22;;/h1-5,7-14,19-20,28-30H,6,15-18H2;3-8,10-15,20,26-27H,2,9,16-19H2,1H3;2*1H. The van der Waals surface area contributed by atoms with Crippen molar-refractivity contribution in [2.75, 3.05) is 87.2 Å². The number of nitrogens with zero attached hydrogens (tertiary/aromatic N) is 3. The van der Waals surface area contributed by atoms with Crippen LogP contribution in [0.5, 0.6) is 0 Å². The van der Waals surface area contributed by atoms with Gasteiger partial charge in [-0.2, -0.15) is 0 Å². The average Bonchev–Trinajstić information content (AvgIpc) is 3.85. The first-order chi connectivity index (χ1) is 34.6. The highest BCUT2D eigenvalue weighted by molar-refractivity contribution is 7.94. The largest absolute Gasteiger partial charge is 0.370 e. The molecule has 74 heavy (non-hydrogen) atoms. The molecule has 2 aliphatic heterocycles. The quantitative estimate of drug-likeness (QED) is 0.0655. The van der Waals surface area contributed by atoms with Crippen molar-refractivity contribution in [3.63, 3.8) is 0 Å². The second-order valence-corrected chi connectivity index (χ2v) is 24.0. The van der Waals surface area contributed by atoms with E-state index >= 15 is 0 Å². The van der Waals surface area contributed by atoms with E-state index in [2.05, 4.69) is 34.6 Å². The Morgan fingerprint density at radius 1 is 0.432 bits per heavy atom. The Balaban J connectivity index is 0.000000235. The fourth-order valence-electron chi connectivity index (χ4n) is 8.45. The van der Waals surface area contributed by atoms with E-state index < -0.39 is 40.1 Å². The fraction of sp³-hybridized carbons (Fsp3) is 0.231. The molecule has 2 aliphatic rings. The zero-order valence-electron chi connectivity index (χ0n) is 40.5. The first-order valence-corrected chi connectivity index (χ1v) is 29.5. The molecule has 9 rings (SSSR count). The summed E-state index contributed by atoms with van der Waals surface area (Å²) in [6, 6.07) is 46.9. The molecule has 394 valence electrons. The summed E-state index contributed by atoms with van der Waals surface area (Å²) in [5.41, 5.74) is 2.43. The number of rotatable bonds is 15. The van der Waals surface area contributed by atoms with Crippen LogP contribution in [0.1, 0.15) is 19.8 Å². The van der Waals surface area contributed by atoms with Crippen molar-refractivity contribution in [2.45, 2.75) is 39.3 Å². The number of hydrogen-bond acceptors (Lipinski definition) is 12. The monoisotopic (exact) mass is 1120 g/mol. The molecule has 0 unspecified atom stereocenters. The lowest BCUT2D eigenvalue weighted by Gasteiger charge is -2.29. The van der Waals surface area contributed by atoms with Gasteiger partial charge in [-0.3, -0.25) is 18.5 Å². The average molecular weight is 1120 g/mol. The molecule has 5 N–H and O–H groups in total. The fourth-order valence-corrected chi connectivity index (χ4v) is 13.3. The number of benzene rings is 7. The van der Waals surface area contributed by atoms with Gasteiger partial charge in [0, 0.05) is 57.2 Å². The molecule has 0 bridgehead atoms. The van der Waals surface area contributed by atoms with Crippen LogP contribution < -0.4 is 38.9 Å². The van der Waals surface area contributed by atoms with Crippen LogP contribution in [0.15, 0.2) is 189 Å². The normalized spacial score (nSPS) is 14.4. The SMILES string of the molecule is CCN(c1cc(N2CCCNCC2)ccc1NS(=O)(=O)c1ccccc1)S(=O)(=O)c1ccccc1.Cl.Cl.O=S(=O)(Nc1ccc(N2CCCNCC2)cc1NS(=O)(=O)c1ccccc1)c1ccc2ccccc2c1. The molecule has 2 heterocycles. The number of sulfonamides is 4. The van der Waals surface area contributed by atoms with Crippen molar-refractivity contribution in [2.24, 2.45) is 0 Å². The lowest BCUT2D eigenvalue weighted by Crippen LogP contribution is -2.33. The molecule has 0 atom stereocenters. The summed E-state index contributed by atoms with van der Waals surface area (Å²) >= 11 is 0. The Hall–Kier alpha value is -6.10. The third-order valence-corrected chi connectivity index (χ3v) is 18.2.